The molecule has 0 spiro atoms. The first-order chi connectivity index (χ1) is 11.9. The molecule has 0 aromatic heterocycles. The fourth-order valence-electron chi connectivity index (χ4n) is 2.66. The lowest BCUT2D eigenvalue weighted by Crippen LogP contribution is -2.30. The molecule has 0 aromatic rings. The van der Waals surface area contributed by atoms with Crippen molar-refractivity contribution in [2.75, 3.05) is 6.54 Å². The zero-order valence-corrected chi connectivity index (χ0v) is 17.1. The lowest BCUT2D eigenvalue weighted by molar-refractivity contribution is -0.134. The van der Waals surface area contributed by atoms with Crippen molar-refractivity contribution in [1.82, 2.24) is 0 Å². The van der Waals surface area contributed by atoms with Crippen molar-refractivity contribution in [3.63, 3.8) is 0 Å². The number of hydrogen-bond acceptors (Lipinski definition) is 5. The van der Waals surface area contributed by atoms with Gasteiger partial charge in [-0.1, -0.05) is 84.0 Å². The molecular weight excluding hydrogens is 338 g/mol. The summed E-state index contributed by atoms with van der Waals surface area (Å²) in [5.41, 5.74) is 5.29. The summed E-state index contributed by atoms with van der Waals surface area (Å²) in [5, 5.41) is -0.844. The van der Waals surface area contributed by atoms with E-state index in [0.29, 0.717) is 6.42 Å². The monoisotopic (exact) mass is 377 g/mol. The minimum atomic E-state index is -3.85. The molecular formula is C19H39NO4S. The third-order valence-electron chi connectivity index (χ3n) is 4.52. The lowest BCUT2D eigenvalue weighted by atomic mass is 10.0. The summed E-state index contributed by atoms with van der Waals surface area (Å²) < 4.78 is 27.7. The van der Waals surface area contributed by atoms with Gasteiger partial charge in [-0.25, -0.2) is 0 Å². The van der Waals surface area contributed by atoms with Gasteiger partial charge in [0.05, 0.1) is 0 Å². The standard InChI is InChI=1S/C19H39NO4S/c1-3-4-5-6-7-8-9-10-11-12-13-14-15-16-19(21)24-25(22,23)18(2)17-20/h18H,3-17,20H2,1-2H3. The van der Waals surface area contributed by atoms with E-state index in [1.807, 2.05) is 0 Å². The van der Waals surface area contributed by atoms with Crippen LogP contribution in [0.4, 0.5) is 0 Å². The van der Waals surface area contributed by atoms with Gasteiger partial charge in [0.15, 0.2) is 0 Å². The maximum Gasteiger partial charge on any atom is 0.322 e. The van der Waals surface area contributed by atoms with E-state index < -0.39 is 21.3 Å². The Morgan fingerprint density at radius 3 is 1.64 bits per heavy atom. The second kappa shape index (κ2) is 15.6. The Bertz CT molecular complexity index is 423. The van der Waals surface area contributed by atoms with E-state index >= 15 is 0 Å². The van der Waals surface area contributed by atoms with Crippen molar-refractivity contribution in [2.45, 2.75) is 109 Å². The number of rotatable bonds is 17. The second-order valence-corrected chi connectivity index (χ2v) is 8.94. The number of carbonyl (C=O) groups is 1. The first-order valence-corrected chi connectivity index (χ1v) is 11.6. The molecule has 1 unspecified atom stereocenters. The van der Waals surface area contributed by atoms with Gasteiger partial charge in [0.25, 0.3) is 0 Å². The third kappa shape index (κ3) is 14.3. The van der Waals surface area contributed by atoms with Crippen LogP contribution in [0.1, 0.15) is 104 Å². The fraction of sp³-hybridized carbons (Fsp3) is 0.947. The van der Waals surface area contributed by atoms with Gasteiger partial charge in [0.1, 0.15) is 5.25 Å². The van der Waals surface area contributed by atoms with Crippen LogP contribution in [0.15, 0.2) is 0 Å². The van der Waals surface area contributed by atoms with Crippen LogP contribution in [0.5, 0.6) is 0 Å². The molecule has 0 rings (SSSR count). The highest BCUT2D eigenvalue weighted by molar-refractivity contribution is 7.87. The molecule has 0 aromatic carbocycles. The van der Waals surface area contributed by atoms with Crippen LogP contribution < -0.4 is 5.73 Å². The Kier molecular flexibility index (Phi) is 15.2. The smallest absolute Gasteiger partial charge is 0.322 e. The Morgan fingerprint density at radius 2 is 1.24 bits per heavy atom. The van der Waals surface area contributed by atoms with Crippen LogP contribution in [0, 0.1) is 0 Å². The molecule has 0 radical (unpaired) electrons. The van der Waals surface area contributed by atoms with Crippen molar-refractivity contribution < 1.29 is 17.4 Å². The van der Waals surface area contributed by atoms with E-state index in [2.05, 4.69) is 11.1 Å². The van der Waals surface area contributed by atoms with Crippen LogP contribution in [0.25, 0.3) is 0 Å². The summed E-state index contributed by atoms with van der Waals surface area (Å²) in [6.45, 7) is 3.63. The molecule has 0 amide bonds. The van der Waals surface area contributed by atoms with Crippen molar-refractivity contribution in [3.05, 3.63) is 0 Å². The summed E-state index contributed by atoms with van der Waals surface area (Å²) in [5.74, 6) is -0.664. The van der Waals surface area contributed by atoms with Crippen LogP contribution in [-0.4, -0.2) is 26.2 Å². The molecule has 0 bridgehead atoms. The van der Waals surface area contributed by atoms with E-state index in [-0.39, 0.29) is 13.0 Å². The van der Waals surface area contributed by atoms with Gasteiger partial charge in [-0.2, -0.15) is 8.42 Å². The van der Waals surface area contributed by atoms with Crippen molar-refractivity contribution in [3.8, 4) is 0 Å². The summed E-state index contributed by atoms with van der Waals surface area (Å²) in [6.07, 6.45) is 16.1. The zero-order valence-electron chi connectivity index (χ0n) is 16.3. The van der Waals surface area contributed by atoms with E-state index in [9.17, 15) is 13.2 Å². The van der Waals surface area contributed by atoms with Gasteiger partial charge in [-0.05, 0) is 13.3 Å². The number of nitrogens with two attached hydrogens (primary N) is 1. The highest BCUT2D eigenvalue weighted by Gasteiger charge is 2.23. The zero-order chi connectivity index (χ0) is 19.0. The van der Waals surface area contributed by atoms with E-state index in [0.717, 1.165) is 12.8 Å². The maximum absolute atomic E-state index is 11.6. The average molecular weight is 378 g/mol. The van der Waals surface area contributed by atoms with E-state index in [4.69, 9.17) is 5.73 Å². The van der Waals surface area contributed by atoms with E-state index in [1.54, 1.807) is 0 Å². The molecule has 0 aliphatic heterocycles. The molecule has 5 nitrogen and oxygen atoms in total. The second-order valence-electron chi connectivity index (χ2n) is 6.99. The number of carbonyl (C=O) groups excluding carboxylic acids is 1. The molecule has 0 saturated heterocycles. The van der Waals surface area contributed by atoms with Crippen LogP contribution >= 0.6 is 0 Å². The Labute approximate surface area is 155 Å². The minimum absolute atomic E-state index is 0.0473. The fourth-order valence-corrected chi connectivity index (χ4v) is 3.40. The van der Waals surface area contributed by atoms with Gasteiger partial charge in [-0.3, -0.25) is 4.79 Å². The number of hydrogen-bond donors (Lipinski definition) is 1. The Morgan fingerprint density at radius 1 is 0.840 bits per heavy atom. The summed E-state index contributed by atoms with van der Waals surface area (Å²) in [6, 6.07) is 0. The van der Waals surface area contributed by atoms with Gasteiger partial charge in [0.2, 0.25) is 0 Å². The van der Waals surface area contributed by atoms with Gasteiger partial charge >= 0.3 is 16.1 Å². The molecule has 150 valence electrons. The highest BCUT2D eigenvalue weighted by Crippen LogP contribution is 2.13. The lowest BCUT2D eigenvalue weighted by Gasteiger charge is -2.10. The molecule has 25 heavy (non-hydrogen) atoms. The van der Waals surface area contributed by atoms with Crippen LogP contribution in [0.3, 0.4) is 0 Å². The third-order valence-corrected chi connectivity index (χ3v) is 6.11. The van der Waals surface area contributed by atoms with Gasteiger partial charge < -0.3 is 9.92 Å². The minimum Gasteiger partial charge on any atom is -0.345 e. The van der Waals surface area contributed by atoms with E-state index in [1.165, 1.54) is 71.1 Å². The van der Waals surface area contributed by atoms with Crippen molar-refractivity contribution in [2.24, 2.45) is 5.73 Å². The summed E-state index contributed by atoms with van der Waals surface area (Å²) in [4.78, 5) is 11.5. The number of unbranched alkanes of at least 4 members (excludes halogenated alkanes) is 12. The van der Waals surface area contributed by atoms with Crippen LogP contribution in [-0.2, 0) is 19.1 Å². The van der Waals surface area contributed by atoms with Gasteiger partial charge in [-0.15, -0.1) is 0 Å². The largest absolute Gasteiger partial charge is 0.345 e. The highest BCUT2D eigenvalue weighted by atomic mass is 32.2. The molecule has 0 fully saturated rings. The average Bonchev–Trinajstić information content (AvgIpc) is 2.57. The summed E-state index contributed by atoms with van der Waals surface area (Å²) in [7, 11) is -3.85. The first kappa shape index (κ1) is 24.4. The molecule has 6 heteroatoms. The normalized spacial score (nSPS) is 12.9. The maximum atomic E-state index is 11.6. The van der Waals surface area contributed by atoms with Gasteiger partial charge in [0, 0.05) is 13.0 Å². The van der Waals surface area contributed by atoms with Crippen LogP contribution in [0.2, 0.25) is 0 Å². The Hall–Kier alpha value is -0.620. The molecule has 0 aliphatic rings. The Balaban J connectivity index is 3.42. The summed E-state index contributed by atoms with van der Waals surface area (Å²) >= 11 is 0. The van der Waals surface area contributed by atoms with Crippen molar-refractivity contribution in [1.29, 1.82) is 0 Å². The topological polar surface area (TPSA) is 86.5 Å². The quantitative estimate of drug-likeness (QED) is 0.293. The predicted octanol–water partition coefficient (Wildman–Crippen LogP) is 4.69. The molecule has 0 aliphatic carbocycles. The molecule has 0 saturated carbocycles. The predicted molar refractivity (Wildman–Crippen MR) is 104 cm³/mol. The molecule has 1 atom stereocenters. The first-order valence-electron chi connectivity index (χ1n) is 10.1. The molecule has 0 heterocycles. The molecule has 2 N–H and O–H groups in total. The SMILES string of the molecule is CCCCCCCCCCCCCCCC(=O)OS(=O)(=O)C(C)CN. The van der Waals surface area contributed by atoms with Crippen molar-refractivity contribution >= 4 is 16.1 Å².